The van der Waals surface area contributed by atoms with E-state index in [1.165, 1.54) is 11.8 Å². The molecule has 2 aromatic heterocycles. The molecule has 2 atom stereocenters. The van der Waals surface area contributed by atoms with E-state index in [-0.39, 0.29) is 11.1 Å². The molecule has 1 saturated carbocycles. The molecule has 0 unspecified atom stereocenters. The molecule has 3 nitrogen and oxygen atoms in total. The van der Waals surface area contributed by atoms with Crippen molar-refractivity contribution in [2.45, 2.75) is 18.3 Å². The molecule has 1 aromatic carbocycles. The zero-order chi connectivity index (χ0) is 14.6. The second-order valence-electron chi connectivity index (χ2n) is 5.24. The molecule has 21 heavy (non-hydrogen) atoms. The van der Waals surface area contributed by atoms with E-state index in [0.717, 1.165) is 21.5 Å². The van der Waals surface area contributed by atoms with Gasteiger partial charge in [0.05, 0.1) is 6.20 Å². The van der Waals surface area contributed by atoms with Crippen molar-refractivity contribution >= 4 is 28.8 Å². The predicted octanol–water partition coefficient (Wildman–Crippen LogP) is 4.45. The van der Waals surface area contributed by atoms with Gasteiger partial charge in [0, 0.05) is 10.6 Å². The summed E-state index contributed by atoms with van der Waals surface area (Å²) in [4.78, 5) is 4.11. The highest BCUT2D eigenvalue weighted by atomic mass is 35.5. The van der Waals surface area contributed by atoms with E-state index in [9.17, 15) is 4.39 Å². The van der Waals surface area contributed by atoms with E-state index in [2.05, 4.69) is 10.1 Å². The normalized spacial score (nSPS) is 20.9. The van der Waals surface area contributed by atoms with Crippen molar-refractivity contribution < 1.29 is 4.39 Å². The molecule has 0 saturated heterocycles. The summed E-state index contributed by atoms with van der Waals surface area (Å²) in [5.74, 6) is 0.178. The first kappa shape index (κ1) is 13.0. The van der Waals surface area contributed by atoms with Crippen LogP contribution in [0, 0.1) is 5.95 Å². The zero-order valence-corrected chi connectivity index (χ0v) is 12.3. The number of fused-ring (bicyclic) bond motifs is 1. The number of halogens is 3. The molecule has 0 bridgehead atoms. The topological polar surface area (TPSA) is 30.2 Å². The summed E-state index contributed by atoms with van der Waals surface area (Å²) in [5.41, 5.74) is 2.71. The Kier molecular flexibility index (Phi) is 2.91. The van der Waals surface area contributed by atoms with E-state index in [4.69, 9.17) is 23.2 Å². The highest BCUT2D eigenvalue weighted by molar-refractivity contribution is 6.30. The largest absolute Gasteiger partial charge is 0.234 e. The zero-order valence-electron chi connectivity index (χ0n) is 10.8. The van der Waals surface area contributed by atoms with E-state index in [1.54, 1.807) is 6.07 Å². The van der Waals surface area contributed by atoms with Crippen LogP contribution < -0.4 is 0 Å². The lowest BCUT2D eigenvalue weighted by atomic mass is 10.1. The van der Waals surface area contributed by atoms with Gasteiger partial charge in [0.1, 0.15) is 0 Å². The van der Waals surface area contributed by atoms with E-state index < -0.39 is 5.95 Å². The number of benzene rings is 1. The molecular formula is C15H10Cl2FN3. The third-order valence-electron chi connectivity index (χ3n) is 3.91. The van der Waals surface area contributed by atoms with Crippen molar-refractivity contribution in [1.82, 2.24) is 14.6 Å². The van der Waals surface area contributed by atoms with Crippen LogP contribution >= 0.6 is 23.2 Å². The number of hydrogen-bond acceptors (Lipinski definition) is 2. The standard InChI is InChI=1S/C15H10Cl2FN3/c16-9-3-1-8(2-4-9)10-5-11(10)12-6-13(17)20-21-14(18)7-19-15(12)21/h1-4,6-7,10-11H,5H2/t10-,11+/m1/s1. The Bertz CT molecular complexity index is 829. The summed E-state index contributed by atoms with van der Waals surface area (Å²) < 4.78 is 14.8. The van der Waals surface area contributed by atoms with Crippen LogP contribution in [0.25, 0.3) is 5.65 Å². The van der Waals surface area contributed by atoms with Gasteiger partial charge in [-0.15, -0.1) is 0 Å². The van der Waals surface area contributed by atoms with Crippen molar-refractivity contribution in [2.75, 3.05) is 0 Å². The Labute approximate surface area is 130 Å². The van der Waals surface area contributed by atoms with Crippen LogP contribution in [0.4, 0.5) is 4.39 Å². The number of nitrogens with zero attached hydrogens (tertiary/aromatic N) is 3. The van der Waals surface area contributed by atoms with Crippen molar-refractivity contribution in [3.05, 3.63) is 63.8 Å². The lowest BCUT2D eigenvalue weighted by molar-refractivity contribution is 0.548. The van der Waals surface area contributed by atoms with Gasteiger partial charge in [-0.1, -0.05) is 35.3 Å². The minimum absolute atomic E-state index is 0.274. The molecule has 0 aliphatic heterocycles. The number of imidazole rings is 1. The molecule has 4 rings (SSSR count). The van der Waals surface area contributed by atoms with Gasteiger partial charge in [-0.3, -0.25) is 0 Å². The number of aromatic nitrogens is 3. The van der Waals surface area contributed by atoms with Crippen molar-refractivity contribution in [2.24, 2.45) is 0 Å². The van der Waals surface area contributed by atoms with Crippen LogP contribution in [0.1, 0.15) is 29.4 Å². The molecule has 0 spiro atoms. The van der Waals surface area contributed by atoms with Crippen LogP contribution in [0.3, 0.4) is 0 Å². The Morgan fingerprint density at radius 3 is 2.67 bits per heavy atom. The first-order chi connectivity index (χ1) is 10.1. The fourth-order valence-corrected chi connectivity index (χ4v) is 3.14. The van der Waals surface area contributed by atoms with Gasteiger partial charge in [0.25, 0.3) is 0 Å². The second kappa shape index (κ2) is 4.68. The van der Waals surface area contributed by atoms with Crippen LogP contribution in [-0.2, 0) is 0 Å². The Morgan fingerprint density at radius 2 is 1.90 bits per heavy atom. The molecule has 0 N–H and O–H groups in total. The molecular weight excluding hydrogens is 312 g/mol. The lowest BCUT2D eigenvalue weighted by Gasteiger charge is -2.04. The van der Waals surface area contributed by atoms with E-state index in [1.807, 2.05) is 24.3 Å². The third-order valence-corrected chi connectivity index (χ3v) is 4.35. The Hall–Kier alpha value is -1.65. The molecule has 6 heteroatoms. The van der Waals surface area contributed by atoms with Gasteiger partial charge in [-0.05, 0) is 42.0 Å². The molecule has 106 valence electrons. The average Bonchev–Trinajstić information content (AvgIpc) is 3.18. The number of hydrogen-bond donors (Lipinski definition) is 0. The molecule has 0 amide bonds. The highest BCUT2D eigenvalue weighted by Crippen LogP contribution is 2.55. The predicted molar refractivity (Wildman–Crippen MR) is 79.5 cm³/mol. The smallest absolute Gasteiger partial charge is 0.232 e. The maximum absolute atomic E-state index is 13.6. The fraction of sp³-hybridized carbons (Fsp3) is 0.200. The minimum Gasteiger partial charge on any atom is -0.232 e. The Balaban J connectivity index is 1.74. The Morgan fingerprint density at radius 1 is 1.14 bits per heavy atom. The van der Waals surface area contributed by atoms with Gasteiger partial charge in [-0.2, -0.15) is 14.0 Å². The molecule has 1 aliphatic carbocycles. The summed E-state index contributed by atoms with van der Waals surface area (Å²) >= 11 is 11.9. The molecule has 1 aliphatic rings. The maximum atomic E-state index is 13.6. The van der Waals surface area contributed by atoms with Crippen molar-refractivity contribution in [1.29, 1.82) is 0 Å². The van der Waals surface area contributed by atoms with Crippen LogP contribution in [0.5, 0.6) is 0 Å². The second-order valence-corrected chi connectivity index (χ2v) is 6.06. The summed E-state index contributed by atoms with van der Waals surface area (Å²) in [6, 6.07) is 9.61. The summed E-state index contributed by atoms with van der Waals surface area (Å²) in [5, 5.41) is 4.94. The van der Waals surface area contributed by atoms with Crippen molar-refractivity contribution in [3.63, 3.8) is 0 Å². The first-order valence-electron chi connectivity index (χ1n) is 6.58. The number of rotatable bonds is 2. The van der Waals surface area contributed by atoms with Gasteiger partial charge >= 0.3 is 0 Å². The van der Waals surface area contributed by atoms with Gasteiger partial charge in [0.15, 0.2) is 10.8 Å². The maximum Gasteiger partial charge on any atom is 0.234 e. The molecule has 0 radical (unpaired) electrons. The van der Waals surface area contributed by atoms with Gasteiger partial charge < -0.3 is 0 Å². The fourth-order valence-electron chi connectivity index (χ4n) is 2.82. The van der Waals surface area contributed by atoms with Crippen LogP contribution in [0.2, 0.25) is 10.2 Å². The van der Waals surface area contributed by atoms with Gasteiger partial charge in [0.2, 0.25) is 5.95 Å². The van der Waals surface area contributed by atoms with E-state index >= 15 is 0 Å². The highest BCUT2D eigenvalue weighted by Gasteiger charge is 2.41. The van der Waals surface area contributed by atoms with Crippen molar-refractivity contribution in [3.8, 4) is 0 Å². The average molecular weight is 322 g/mol. The van der Waals surface area contributed by atoms with Crippen LogP contribution in [0.15, 0.2) is 36.5 Å². The first-order valence-corrected chi connectivity index (χ1v) is 7.34. The summed E-state index contributed by atoms with van der Waals surface area (Å²) in [6.45, 7) is 0. The van der Waals surface area contributed by atoms with E-state index in [0.29, 0.717) is 11.6 Å². The third kappa shape index (κ3) is 2.19. The monoisotopic (exact) mass is 321 g/mol. The quantitative estimate of drug-likeness (QED) is 0.698. The minimum atomic E-state index is -0.502. The summed E-state index contributed by atoms with van der Waals surface area (Å²) in [7, 11) is 0. The SMILES string of the molecule is Fc1cnc2c([C@H]3C[C@@H]3c3ccc(Cl)cc3)cc(Cl)nn12. The molecule has 3 aromatic rings. The van der Waals surface area contributed by atoms with Crippen LogP contribution in [-0.4, -0.2) is 14.6 Å². The molecule has 1 fully saturated rings. The molecule has 2 heterocycles. The van der Waals surface area contributed by atoms with Gasteiger partial charge in [-0.25, -0.2) is 4.98 Å². The summed E-state index contributed by atoms with van der Waals surface area (Å²) in [6.07, 6.45) is 2.16. The lowest BCUT2D eigenvalue weighted by Crippen LogP contribution is -1.99.